The van der Waals surface area contributed by atoms with Gasteiger partial charge in [0.05, 0.1) is 23.2 Å². The summed E-state index contributed by atoms with van der Waals surface area (Å²) in [5, 5.41) is 16.0. The number of hydrogen-bond donors (Lipinski definition) is 4. The highest BCUT2D eigenvalue weighted by Crippen LogP contribution is 2.21. The van der Waals surface area contributed by atoms with E-state index in [0.717, 1.165) is 35.4 Å². The highest BCUT2D eigenvalue weighted by molar-refractivity contribution is 5.95. The van der Waals surface area contributed by atoms with Crippen molar-refractivity contribution in [2.75, 3.05) is 13.1 Å². The average Bonchev–Trinajstić information content (AvgIpc) is 3.08. The highest BCUT2D eigenvalue weighted by atomic mass is 16.3. The van der Waals surface area contributed by atoms with E-state index in [2.05, 4.69) is 20.6 Å². The van der Waals surface area contributed by atoms with Crippen LogP contribution in [0.4, 0.5) is 0 Å². The van der Waals surface area contributed by atoms with Crippen molar-refractivity contribution in [3.8, 4) is 11.4 Å². The fourth-order valence-electron chi connectivity index (χ4n) is 3.16. The second-order valence-corrected chi connectivity index (χ2v) is 6.32. The van der Waals surface area contributed by atoms with Gasteiger partial charge in [-0.1, -0.05) is 24.3 Å². The van der Waals surface area contributed by atoms with E-state index in [0.29, 0.717) is 12.1 Å². The molecule has 0 bridgehead atoms. The Bertz CT molecular complexity index is 872. The molecule has 4 N–H and O–H groups in total. The molecule has 1 fully saturated rings. The molecule has 0 saturated carbocycles. The number of fused-ring (bicyclic) bond motifs is 1. The number of aromatic amines is 1. The maximum absolute atomic E-state index is 12.5. The first kappa shape index (κ1) is 15.8. The van der Waals surface area contributed by atoms with Crippen LogP contribution in [0.5, 0.6) is 0 Å². The molecule has 1 aliphatic heterocycles. The molecule has 128 valence electrons. The van der Waals surface area contributed by atoms with Crippen molar-refractivity contribution in [2.45, 2.75) is 18.6 Å². The number of aromatic nitrogens is 2. The number of nitrogens with one attached hydrogen (secondary N) is 3. The fourth-order valence-corrected chi connectivity index (χ4v) is 3.16. The number of piperidine rings is 1. The van der Waals surface area contributed by atoms with Gasteiger partial charge in [0.25, 0.3) is 5.91 Å². The minimum Gasteiger partial charge on any atom is -0.390 e. The zero-order chi connectivity index (χ0) is 17.2. The number of β-amino-alcohol motifs (C(OH)–C–C–N with tert-alkyl or cyclic N) is 1. The molecule has 0 spiro atoms. The Morgan fingerprint density at radius 3 is 2.92 bits per heavy atom. The minimum atomic E-state index is -0.559. The molecule has 1 amide bonds. The quantitative estimate of drug-likeness (QED) is 0.586. The largest absolute Gasteiger partial charge is 0.390 e. The SMILES string of the molecule is O=C(N[C@@H]1CCNC[C@H]1O)c1cccc(-c2nc3ccccc3[nH]2)c1. The van der Waals surface area contributed by atoms with Crippen LogP contribution in [-0.4, -0.2) is 46.2 Å². The summed E-state index contributed by atoms with van der Waals surface area (Å²) < 4.78 is 0. The second-order valence-electron chi connectivity index (χ2n) is 6.32. The standard InChI is InChI=1S/C19H20N4O2/c24-17-11-20-9-8-16(17)23-19(25)13-5-3-4-12(10-13)18-21-14-6-1-2-7-15(14)22-18/h1-7,10,16-17,20,24H,8-9,11H2,(H,21,22)(H,23,25)/t16-,17-/m1/s1. The lowest BCUT2D eigenvalue weighted by atomic mass is 10.0. The number of imidazole rings is 1. The molecule has 1 aromatic heterocycles. The van der Waals surface area contributed by atoms with Gasteiger partial charge in [-0.3, -0.25) is 4.79 Å². The maximum atomic E-state index is 12.5. The molecular weight excluding hydrogens is 316 g/mol. The predicted octanol–water partition coefficient (Wildman–Crippen LogP) is 1.68. The Kier molecular flexibility index (Phi) is 4.21. The topological polar surface area (TPSA) is 90.0 Å². The third-order valence-electron chi connectivity index (χ3n) is 4.55. The Balaban J connectivity index is 1.57. The van der Waals surface area contributed by atoms with Crippen molar-refractivity contribution in [2.24, 2.45) is 0 Å². The van der Waals surface area contributed by atoms with Crippen LogP contribution in [0.15, 0.2) is 48.5 Å². The van der Waals surface area contributed by atoms with Gasteiger partial charge in [-0.2, -0.15) is 0 Å². The molecule has 1 aliphatic rings. The van der Waals surface area contributed by atoms with E-state index in [9.17, 15) is 9.90 Å². The summed E-state index contributed by atoms with van der Waals surface area (Å²) in [5.41, 5.74) is 3.27. The van der Waals surface area contributed by atoms with Crippen LogP contribution in [-0.2, 0) is 0 Å². The number of para-hydroxylation sites is 2. The Morgan fingerprint density at radius 2 is 2.08 bits per heavy atom. The Labute approximate surface area is 145 Å². The summed E-state index contributed by atoms with van der Waals surface area (Å²) in [7, 11) is 0. The highest BCUT2D eigenvalue weighted by Gasteiger charge is 2.24. The number of aliphatic hydroxyl groups excluding tert-OH is 1. The lowest BCUT2D eigenvalue weighted by Gasteiger charge is -2.29. The molecule has 2 atom stereocenters. The van der Waals surface area contributed by atoms with Gasteiger partial charge >= 0.3 is 0 Å². The number of nitrogens with zero attached hydrogens (tertiary/aromatic N) is 1. The van der Waals surface area contributed by atoms with E-state index in [-0.39, 0.29) is 11.9 Å². The number of amides is 1. The van der Waals surface area contributed by atoms with Crippen LogP contribution in [0.1, 0.15) is 16.8 Å². The van der Waals surface area contributed by atoms with Gasteiger partial charge in [0, 0.05) is 17.7 Å². The van der Waals surface area contributed by atoms with Crippen LogP contribution in [0, 0.1) is 0 Å². The molecule has 4 rings (SSSR count). The van der Waals surface area contributed by atoms with Gasteiger partial charge in [-0.25, -0.2) is 4.98 Å². The molecular formula is C19H20N4O2. The second kappa shape index (κ2) is 6.66. The van der Waals surface area contributed by atoms with Crippen molar-refractivity contribution in [3.63, 3.8) is 0 Å². The van der Waals surface area contributed by atoms with Gasteiger partial charge in [-0.15, -0.1) is 0 Å². The van der Waals surface area contributed by atoms with E-state index in [1.807, 2.05) is 42.5 Å². The average molecular weight is 336 g/mol. The van der Waals surface area contributed by atoms with Crippen molar-refractivity contribution in [1.29, 1.82) is 0 Å². The van der Waals surface area contributed by atoms with Crippen molar-refractivity contribution < 1.29 is 9.90 Å². The summed E-state index contributed by atoms with van der Waals surface area (Å²) in [6.45, 7) is 1.30. The van der Waals surface area contributed by atoms with Gasteiger partial charge in [0.15, 0.2) is 0 Å². The first-order valence-corrected chi connectivity index (χ1v) is 8.45. The summed E-state index contributed by atoms with van der Waals surface area (Å²) in [6.07, 6.45) is 0.159. The molecule has 2 aromatic carbocycles. The predicted molar refractivity (Wildman–Crippen MR) is 96.3 cm³/mol. The van der Waals surface area contributed by atoms with E-state index in [4.69, 9.17) is 0 Å². The number of carbonyl (C=O) groups is 1. The van der Waals surface area contributed by atoms with Gasteiger partial charge in [0.2, 0.25) is 0 Å². The fraction of sp³-hybridized carbons (Fsp3) is 0.263. The third-order valence-corrected chi connectivity index (χ3v) is 4.55. The van der Waals surface area contributed by atoms with E-state index < -0.39 is 6.10 Å². The monoisotopic (exact) mass is 336 g/mol. The first-order valence-electron chi connectivity index (χ1n) is 8.45. The molecule has 6 nitrogen and oxygen atoms in total. The first-order chi connectivity index (χ1) is 12.2. The molecule has 2 heterocycles. The third kappa shape index (κ3) is 3.26. The minimum absolute atomic E-state index is 0.177. The van der Waals surface area contributed by atoms with E-state index in [1.54, 1.807) is 6.07 Å². The van der Waals surface area contributed by atoms with Crippen LogP contribution in [0.2, 0.25) is 0 Å². The number of rotatable bonds is 3. The van der Waals surface area contributed by atoms with E-state index >= 15 is 0 Å². The summed E-state index contributed by atoms with van der Waals surface area (Å²) >= 11 is 0. The van der Waals surface area contributed by atoms with Gasteiger partial charge in [0.1, 0.15) is 5.82 Å². The molecule has 0 unspecified atom stereocenters. The lowest BCUT2D eigenvalue weighted by molar-refractivity contribution is 0.0765. The summed E-state index contributed by atoms with van der Waals surface area (Å²) in [4.78, 5) is 20.4. The zero-order valence-electron chi connectivity index (χ0n) is 13.7. The van der Waals surface area contributed by atoms with Crippen molar-refractivity contribution >= 4 is 16.9 Å². The van der Waals surface area contributed by atoms with Crippen LogP contribution in [0.25, 0.3) is 22.4 Å². The zero-order valence-corrected chi connectivity index (χ0v) is 13.7. The number of aliphatic hydroxyl groups is 1. The number of H-pyrrole nitrogens is 1. The molecule has 6 heteroatoms. The smallest absolute Gasteiger partial charge is 0.251 e. The normalized spacial score (nSPS) is 20.5. The Morgan fingerprint density at radius 1 is 1.20 bits per heavy atom. The number of hydrogen-bond acceptors (Lipinski definition) is 4. The summed E-state index contributed by atoms with van der Waals surface area (Å²) in [5.74, 6) is 0.557. The van der Waals surface area contributed by atoms with E-state index in [1.165, 1.54) is 0 Å². The van der Waals surface area contributed by atoms with Crippen molar-refractivity contribution in [1.82, 2.24) is 20.6 Å². The molecule has 25 heavy (non-hydrogen) atoms. The number of benzene rings is 2. The molecule has 0 radical (unpaired) electrons. The summed E-state index contributed by atoms with van der Waals surface area (Å²) in [6, 6.07) is 15.0. The van der Waals surface area contributed by atoms with Crippen LogP contribution in [0.3, 0.4) is 0 Å². The molecule has 3 aromatic rings. The van der Waals surface area contributed by atoms with Crippen LogP contribution >= 0.6 is 0 Å². The van der Waals surface area contributed by atoms with Gasteiger partial charge < -0.3 is 20.7 Å². The lowest BCUT2D eigenvalue weighted by Crippen LogP contribution is -2.52. The molecule has 1 saturated heterocycles. The number of carbonyl (C=O) groups excluding carboxylic acids is 1. The maximum Gasteiger partial charge on any atom is 0.251 e. The Hall–Kier alpha value is -2.70. The van der Waals surface area contributed by atoms with Crippen LogP contribution < -0.4 is 10.6 Å². The molecule has 0 aliphatic carbocycles. The van der Waals surface area contributed by atoms with Crippen molar-refractivity contribution in [3.05, 3.63) is 54.1 Å². The van der Waals surface area contributed by atoms with Gasteiger partial charge in [-0.05, 0) is 37.2 Å².